The minimum Gasteiger partial charge on any atom is -0.472 e. The maximum atomic E-state index is 6.93. The minimum atomic E-state index is -0.703. The van der Waals surface area contributed by atoms with Gasteiger partial charge in [0.15, 0.2) is 5.60 Å². The molecule has 0 bridgehead atoms. The van der Waals surface area contributed by atoms with Crippen LogP contribution in [0.5, 0.6) is 5.75 Å². The Balaban J connectivity index is 1.76. The first-order chi connectivity index (χ1) is 14.9. The molecule has 1 nitrogen and oxygen atoms in total. The topological polar surface area (TPSA) is 9.23 Å². The lowest BCUT2D eigenvalue weighted by molar-refractivity contribution is 0.213. The van der Waals surface area contributed by atoms with Crippen LogP contribution in [0.1, 0.15) is 27.8 Å². The summed E-state index contributed by atoms with van der Waals surface area (Å²) >= 11 is 0. The largest absolute Gasteiger partial charge is 0.472 e. The number of benzene rings is 4. The fraction of sp³-hybridized carbons (Fsp3) is 0.0345. The molecule has 0 amide bonds. The summed E-state index contributed by atoms with van der Waals surface area (Å²) in [4.78, 5) is 0. The monoisotopic (exact) mass is 384 g/mol. The molecule has 0 N–H and O–H groups in total. The van der Waals surface area contributed by atoms with Crippen molar-refractivity contribution in [2.75, 3.05) is 0 Å². The van der Waals surface area contributed by atoms with Crippen molar-refractivity contribution in [3.63, 3.8) is 0 Å². The first-order valence-electron chi connectivity index (χ1n) is 10.3. The Kier molecular flexibility index (Phi) is 3.75. The Morgan fingerprint density at radius 2 is 1.07 bits per heavy atom. The Bertz CT molecular complexity index is 1280. The van der Waals surface area contributed by atoms with Gasteiger partial charge in [0.1, 0.15) is 5.75 Å². The number of hydrogen-bond donors (Lipinski definition) is 0. The molecule has 0 fully saturated rings. The van der Waals surface area contributed by atoms with Crippen molar-refractivity contribution in [2.24, 2.45) is 0 Å². The highest BCUT2D eigenvalue weighted by Gasteiger charge is 2.49. The van der Waals surface area contributed by atoms with Crippen LogP contribution in [0.25, 0.3) is 23.3 Å². The van der Waals surface area contributed by atoms with Crippen LogP contribution in [-0.2, 0) is 5.60 Å². The molecule has 30 heavy (non-hydrogen) atoms. The molecule has 1 unspecified atom stereocenters. The van der Waals surface area contributed by atoms with Gasteiger partial charge in [-0.25, -0.2) is 0 Å². The molecule has 6 rings (SSSR count). The second-order valence-electron chi connectivity index (χ2n) is 7.76. The predicted molar refractivity (Wildman–Crippen MR) is 124 cm³/mol. The highest BCUT2D eigenvalue weighted by molar-refractivity contribution is 6.07. The molecule has 2 aliphatic rings. The van der Waals surface area contributed by atoms with E-state index in [4.69, 9.17) is 4.74 Å². The van der Waals surface area contributed by atoms with Gasteiger partial charge in [0.2, 0.25) is 0 Å². The quantitative estimate of drug-likeness (QED) is 0.359. The molecule has 1 aliphatic carbocycles. The fourth-order valence-electron chi connectivity index (χ4n) is 4.70. The van der Waals surface area contributed by atoms with Crippen LogP contribution in [-0.4, -0.2) is 0 Å². The van der Waals surface area contributed by atoms with Crippen LogP contribution >= 0.6 is 0 Å². The van der Waals surface area contributed by atoms with E-state index < -0.39 is 5.60 Å². The summed E-state index contributed by atoms with van der Waals surface area (Å²) < 4.78 is 6.93. The van der Waals surface area contributed by atoms with Crippen LogP contribution in [0.2, 0.25) is 0 Å². The third kappa shape index (κ3) is 2.42. The van der Waals surface area contributed by atoms with E-state index in [9.17, 15) is 0 Å². The van der Waals surface area contributed by atoms with E-state index in [0.29, 0.717) is 0 Å². The molecule has 1 heterocycles. The molecular formula is C29H20O. The van der Waals surface area contributed by atoms with Gasteiger partial charge in [-0.3, -0.25) is 0 Å². The van der Waals surface area contributed by atoms with Gasteiger partial charge < -0.3 is 4.74 Å². The second kappa shape index (κ2) is 6.60. The van der Waals surface area contributed by atoms with Crippen molar-refractivity contribution in [1.29, 1.82) is 0 Å². The summed E-state index contributed by atoms with van der Waals surface area (Å²) in [7, 11) is 0. The van der Waals surface area contributed by atoms with E-state index in [1.165, 1.54) is 16.7 Å². The molecule has 0 radical (unpaired) electrons. The van der Waals surface area contributed by atoms with Gasteiger partial charge in [-0.2, -0.15) is 0 Å². The zero-order valence-electron chi connectivity index (χ0n) is 16.5. The predicted octanol–water partition coefficient (Wildman–Crippen LogP) is 7.07. The van der Waals surface area contributed by atoms with Crippen molar-refractivity contribution >= 4 is 23.3 Å². The lowest BCUT2D eigenvalue weighted by Crippen LogP contribution is -2.32. The number of para-hydroxylation sites is 1. The molecule has 0 saturated carbocycles. The van der Waals surface area contributed by atoms with Crippen LogP contribution in [0.3, 0.4) is 0 Å². The Labute approximate surface area is 176 Å². The summed E-state index contributed by atoms with van der Waals surface area (Å²) in [6.07, 6.45) is 4.60. The van der Waals surface area contributed by atoms with E-state index in [2.05, 4.69) is 115 Å². The van der Waals surface area contributed by atoms with E-state index >= 15 is 0 Å². The van der Waals surface area contributed by atoms with Gasteiger partial charge in [0.05, 0.1) is 0 Å². The van der Waals surface area contributed by atoms with Crippen LogP contribution in [0.4, 0.5) is 0 Å². The van der Waals surface area contributed by atoms with Gasteiger partial charge in [-0.15, -0.1) is 0 Å². The van der Waals surface area contributed by atoms with Crippen molar-refractivity contribution in [3.8, 4) is 5.75 Å². The van der Waals surface area contributed by atoms with Gasteiger partial charge in [-0.05, 0) is 34.9 Å². The molecule has 142 valence electrons. The summed E-state index contributed by atoms with van der Waals surface area (Å²) in [6.45, 7) is 0. The van der Waals surface area contributed by atoms with E-state index in [1.54, 1.807) is 0 Å². The number of hydrogen-bond acceptors (Lipinski definition) is 1. The third-order valence-electron chi connectivity index (χ3n) is 6.06. The second-order valence-corrected chi connectivity index (χ2v) is 7.76. The van der Waals surface area contributed by atoms with E-state index in [-0.39, 0.29) is 0 Å². The summed E-state index contributed by atoms with van der Waals surface area (Å²) in [5.41, 5.74) is 7.50. The van der Waals surface area contributed by atoms with E-state index in [1.807, 2.05) is 6.07 Å². The molecule has 0 spiro atoms. The maximum Gasteiger partial charge on any atom is 0.185 e. The average molecular weight is 384 g/mol. The number of rotatable bonds is 2. The normalized spacial score (nSPS) is 18.8. The van der Waals surface area contributed by atoms with Gasteiger partial charge in [-0.1, -0.05) is 103 Å². The van der Waals surface area contributed by atoms with Crippen molar-refractivity contribution in [1.82, 2.24) is 0 Å². The summed E-state index contributed by atoms with van der Waals surface area (Å²) in [5.74, 6) is 0.925. The summed E-state index contributed by atoms with van der Waals surface area (Å²) in [5, 5.41) is 0. The molecule has 4 aromatic carbocycles. The van der Waals surface area contributed by atoms with Gasteiger partial charge in [0, 0.05) is 22.3 Å². The lowest BCUT2D eigenvalue weighted by atomic mass is 9.76. The van der Waals surface area contributed by atoms with Crippen LogP contribution in [0.15, 0.2) is 109 Å². The fourth-order valence-corrected chi connectivity index (χ4v) is 4.70. The Morgan fingerprint density at radius 3 is 1.80 bits per heavy atom. The van der Waals surface area contributed by atoms with Crippen molar-refractivity contribution in [3.05, 3.63) is 137 Å². The molecule has 0 saturated heterocycles. The minimum absolute atomic E-state index is 0.703. The molecule has 1 aliphatic heterocycles. The Morgan fingerprint density at radius 1 is 0.500 bits per heavy atom. The van der Waals surface area contributed by atoms with Crippen LogP contribution in [0, 0.1) is 0 Å². The molecule has 0 aromatic heterocycles. The smallest absolute Gasteiger partial charge is 0.185 e. The molecular weight excluding hydrogens is 364 g/mol. The zero-order chi connectivity index (χ0) is 20.0. The van der Waals surface area contributed by atoms with Crippen molar-refractivity contribution in [2.45, 2.75) is 5.60 Å². The first kappa shape index (κ1) is 17.1. The zero-order valence-corrected chi connectivity index (χ0v) is 16.5. The lowest BCUT2D eigenvalue weighted by Gasteiger charge is -2.34. The van der Waals surface area contributed by atoms with Crippen LogP contribution < -0.4 is 4.74 Å². The van der Waals surface area contributed by atoms with E-state index in [0.717, 1.165) is 28.0 Å². The maximum absolute atomic E-state index is 6.93. The first-order valence-corrected chi connectivity index (χ1v) is 10.3. The standard InChI is InChI=1S/C29H20O/c1-3-11-21(12-4-1)26-19-22-13-7-8-14-23(22)20-27-25-17-9-10-18-28(25)30-29(26,27)24-15-5-2-6-16-24/h1-20H. The highest BCUT2D eigenvalue weighted by atomic mass is 16.5. The Hall–Kier alpha value is -3.84. The van der Waals surface area contributed by atoms with Gasteiger partial charge >= 0.3 is 0 Å². The van der Waals surface area contributed by atoms with Crippen molar-refractivity contribution < 1.29 is 4.74 Å². The molecule has 1 heteroatoms. The average Bonchev–Trinajstić information content (AvgIpc) is 3.06. The highest BCUT2D eigenvalue weighted by Crippen LogP contribution is 2.58. The summed E-state index contributed by atoms with van der Waals surface area (Å²) in [6, 6.07) is 38.1. The SMILES string of the molecule is C1=C(c2ccccc2)C2(c3ccccc3)Oc3ccccc3C2=Cc2ccccc21. The molecule has 1 atom stereocenters. The van der Waals surface area contributed by atoms with Gasteiger partial charge in [0.25, 0.3) is 0 Å². The third-order valence-corrected chi connectivity index (χ3v) is 6.06. The molecule has 4 aromatic rings. The number of fused-ring (bicyclic) bond motifs is 4. The number of ether oxygens (including phenoxy) is 1.